The first-order valence-corrected chi connectivity index (χ1v) is 8.13. The number of aromatic amines is 1. The van der Waals surface area contributed by atoms with Crippen molar-refractivity contribution in [1.29, 1.82) is 0 Å². The lowest BCUT2D eigenvalue weighted by Gasteiger charge is -2.21. The topological polar surface area (TPSA) is 15.8 Å². The van der Waals surface area contributed by atoms with Crippen molar-refractivity contribution in [2.45, 2.75) is 32.1 Å². The molecule has 0 bridgehead atoms. The lowest BCUT2D eigenvalue weighted by molar-refractivity contribution is 0.661. The van der Waals surface area contributed by atoms with Gasteiger partial charge in [0.25, 0.3) is 0 Å². The molecule has 3 aromatic rings. The van der Waals surface area contributed by atoms with Gasteiger partial charge < -0.3 is 4.98 Å². The van der Waals surface area contributed by atoms with Crippen molar-refractivity contribution in [2.24, 2.45) is 0 Å². The summed E-state index contributed by atoms with van der Waals surface area (Å²) in [4.78, 5) is 3.62. The van der Waals surface area contributed by atoms with E-state index >= 15 is 0 Å². The second-order valence-corrected chi connectivity index (χ2v) is 7.05. The molecule has 2 aliphatic carbocycles. The zero-order valence-electron chi connectivity index (χ0n) is 13.0. The van der Waals surface area contributed by atoms with E-state index in [1.165, 1.54) is 43.7 Å². The van der Waals surface area contributed by atoms with Crippen LogP contribution >= 0.6 is 0 Å². The molecule has 0 fully saturated rings. The molecular formula is C21H19N. The maximum Gasteiger partial charge on any atom is 0.0468 e. The van der Waals surface area contributed by atoms with E-state index < -0.39 is 0 Å². The molecule has 0 unspecified atom stereocenters. The quantitative estimate of drug-likeness (QED) is 0.646. The third kappa shape index (κ3) is 1.39. The molecular weight excluding hydrogens is 266 g/mol. The van der Waals surface area contributed by atoms with Crippen molar-refractivity contribution in [3.8, 4) is 11.1 Å². The summed E-state index contributed by atoms with van der Waals surface area (Å²) in [6.45, 7) is 4.68. The SMILES string of the molecule is CC1(C)c2ccccc2-c2cc3c4c([nH]c3cc21)=CCCC=4. The van der Waals surface area contributed by atoms with Gasteiger partial charge >= 0.3 is 0 Å². The molecule has 108 valence electrons. The Balaban J connectivity index is 1.95. The number of rotatable bonds is 0. The molecule has 0 radical (unpaired) electrons. The predicted molar refractivity (Wildman–Crippen MR) is 93.3 cm³/mol. The van der Waals surface area contributed by atoms with E-state index in [-0.39, 0.29) is 5.41 Å². The summed E-state index contributed by atoms with van der Waals surface area (Å²) in [6, 6.07) is 13.6. The van der Waals surface area contributed by atoms with E-state index in [1.54, 1.807) is 0 Å². The second kappa shape index (κ2) is 3.92. The first-order valence-electron chi connectivity index (χ1n) is 8.13. The number of H-pyrrole nitrogens is 1. The van der Waals surface area contributed by atoms with Crippen LogP contribution in [0.15, 0.2) is 36.4 Å². The van der Waals surface area contributed by atoms with Gasteiger partial charge in [0.2, 0.25) is 0 Å². The second-order valence-electron chi connectivity index (χ2n) is 7.05. The fraction of sp³-hybridized carbons (Fsp3) is 0.238. The fourth-order valence-electron chi connectivity index (χ4n) is 4.27. The molecule has 0 atom stereocenters. The van der Waals surface area contributed by atoms with Gasteiger partial charge in [-0.15, -0.1) is 0 Å². The van der Waals surface area contributed by atoms with Crippen LogP contribution in [0.25, 0.3) is 34.2 Å². The predicted octanol–water partition coefficient (Wildman–Crippen LogP) is 3.83. The first-order chi connectivity index (χ1) is 10.7. The Kier molecular flexibility index (Phi) is 2.19. The largest absolute Gasteiger partial charge is 0.355 e. The van der Waals surface area contributed by atoms with Gasteiger partial charge in [-0.2, -0.15) is 0 Å². The summed E-state index contributed by atoms with van der Waals surface area (Å²) in [7, 11) is 0. The monoisotopic (exact) mass is 285 g/mol. The van der Waals surface area contributed by atoms with E-state index in [2.05, 4.69) is 67.4 Å². The number of hydrogen-bond acceptors (Lipinski definition) is 0. The smallest absolute Gasteiger partial charge is 0.0468 e. The third-order valence-electron chi connectivity index (χ3n) is 5.43. The van der Waals surface area contributed by atoms with Gasteiger partial charge in [-0.05, 0) is 47.2 Å². The summed E-state index contributed by atoms with van der Waals surface area (Å²) in [6.07, 6.45) is 7.01. The van der Waals surface area contributed by atoms with Gasteiger partial charge in [0.1, 0.15) is 0 Å². The van der Waals surface area contributed by atoms with Crippen LogP contribution in [0.3, 0.4) is 0 Å². The fourth-order valence-corrected chi connectivity index (χ4v) is 4.27. The third-order valence-corrected chi connectivity index (χ3v) is 5.43. The average Bonchev–Trinajstić information content (AvgIpc) is 3.00. The van der Waals surface area contributed by atoms with Crippen LogP contribution in [0.5, 0.6) is 0 Å². The molecule has 1 N–H and O–H groups in total. The number of hydrogen-bond donors (Lipinski definition) is 1. The van der Waals surface area contributed by atoms with E-state index in [4.69, 9.17) is 0 Å². The van der Waals surface area contributed by atoms with Crippen molar-refractivity contribution >= 4 is 23.1 Å². The highest BCUT2D eigenvalue weighted by Crippen LogP contribution is 2.49. The van der Waals surface area contributed by atoms with Crippen LogP contribution < -0.4 is 10.6 Å². The maximum atomic E-state index is 3.62. The van der Waals surface area contributed by atoms with Gasteiger partial charge in [0.05, 0.1) is 0 Å². The Bertz CT molecular complexity index is 1050. The minimum absolute atomic E-state index is 0.0825. The molecule has 0 spiro atoms. The van der Waals surface area contributed by atoms with Gasteiger partial charge in [0.15, 0.2) is 0 Å². The van der Waals surface area contributed by atoms with Crippen molar-refractivity contribution in [1.82, 2.24) is 4.98 Å². The summed E-state index contributed by atoms with van der Waals surface area (Å²) in [5, 5.41) is 4.07. The summed E-state index contributed by atoms with van der Waals surface area (Å²) >= 11 is 0. The van der Waals surface area contributed by atoms with Crippen LogP contribution in [0, 0.1) is 0 Å². The van der Waals surface area contributed by atoms with Crippen LogP contribution in [0.2, 0.25) is 0 Å². The molecule has 1 nitrogen and oxygen atoms in total. The highest BCUT2D eigenvalue weighted by molar-refractivity contribution is 5.92. The number of nitrogens with one attached hydrogen (secondary N) is 1. The lowest BCUT2D eigenvalue weighted by atomic mass is 9.82. The van der Waals surface area contributed by atoms with Gasteiger partial charge in [-0.3, -0.25) is 0 Å². The molecule has 0 saturated heterocycles. The number of aromatic nitrogens is 1. The molecule has 5 rings (SSSR count). The minimum atomic E-state index is 0.0825. The Morgan fingerprint density at radius 3 is 2.64 bits per heavy atom. The molecule has 1 heteroatoms. The normalized spacial score (nSPS) is 17.4. The van der Waals surface area contributed by atoms with Gasteiger partial charge in [-0.1, -0.05) is 50.3 Å². The first kappa shape index (κ1) is 12.3. The van der Waals surface area contributed by atoms with E-state index in [0.717, 1.165) is 12.8 Å². The summed E-state index contributed by atoms with van der Waals surface area (Å²) in [5.74, 6) is 0. The van der Waals surface area contributed by atoms with Crippen molar-refractivity contribution in [3.05, 3.63) is 58.1 Å². The molecule has 2 aliphatic rings. The van der Waals surface area contributed by atoms with Crippen LogP contribution in [-0.4, -0.2) is 4.98 Å². The zero-order chi connectivity index (χ0) is 14.9. The van der Waals surface area contributed by atoms with Gasteiger partial charge in [-0.25, -0.2) is 0 Å². The van der Waals surface area contributed by atoms with Crippen molar-refractivity contribution in [3.63, 3.8) is 0 Å². The molecule has 2 aromatic carbocycles. The van der Waals surface area contributed by atoms with Crippen molar-refractivity contribution < 1.29 is 0 Å². The molecule has 0 amide bonds. The Morgan fingerprint density at radius 2 is 1.73 bits per heavy atom. The van der Waals surface area contributed by atoms with Crippen LogP contribution in [0.4, 0.5) is 0 Å². The van der Waals surface area contributed by atoms with E-state index in [0.29, 0.717) is 0 Å². The average molecular weight is 285 g/mol. The van der Waals surface area contributed by atoms with E-state index in [1.807, 2.05) is 0 Å². The Labute approximate surface area is 130 Å². The highest BCUT2D eigenvalue weighted by Gasteiger charge is 2.35. The number of fused-ring (bicyclic) bond motifs is 6. The van der Waals surface area contributed by atoms with Crippen LogP contribution in [0.1, 0.15) is 37.8 Å². The molecule has 0 aliphatic heterocycles. The molecule has 22 heavy (non-hydrogen) atoms. The lowest BCUT2D eigenvalue weighted by Crippen LogP contribution is -2.24. The minimum Gasteiger partial charge on any atom is -0.355 e. The standard InChI is InChI=1S/C21H19N/c1-21(2)17-9-5-3-7-13(17)15-11-16-14-8-4-6-10-19(14)22-20(16)12-18(15)21/h3,5,7-12,22H,4,6H2,1-2H3. The Morgan fingerprint density at radius 1 is 0.909 bits per heavy atom. The Hall–Kier alpha value is -2.28. The van der Waals surface area contributed by atoms with Gasteiger partial charge in [0, 0.05) is 26.9 Å². The highest BCUT2D eigenvalue weighted by atomic mass is 14.7. The maximum absolute atomic E-state index is 3.62. The molecule has 1 aromatic heterocycles. The molecule has 1 heterocycles. The van der Waals surface area contributed by atoms with Crippen molar-refractivity contribution in [2.75, 3.05) is 0 Å². The van der Waals surface area contributed by atoms with Crippen LogP contribution in [-0.2, 0) is 5.41 Å². The van der Waals surface area contributed by atoms with E-state index in [9.17, 15) is 0 Å². The zero-order valence-corrected chi connectivity index (χ0v) is 13.0. The molecule has 0 saturated carbocycles. The summed E-state index contributed by atoms with van der Waals surface area (Å²) in [5.41, 5.74) is 7.06. The number of benzene rings is 2. The summed E-state index contributed by atoms with van der Waals surface area (Å²) < 4.78 is 0.